The normalized spacial score (nSPS) is 20.2. The van der Waals surface area contributed by atoms with Gasteiger partial charge in [-0.05, 0) is 30.5 Å². The fourth-order valence-corrected chi connectivity index (χ4v) is 3.94. The van der Waals surface area contributed by atoms with Crippen LogP contribution in [0.3, 0.4) is 0 Å². The third-order valence-electron chi connectivity index (χ3n) is 5.44. The molecule has 1 aliphatic carbocycles. The van der Waals surface area contributed by atoms with E-state index in [-0.39, 0.29) is 18.6 Å². The quantitative estimate of drug-likeness (QED) is 0.839. The van der Waals surface area contributed by atoms with Crippen LogP contribution in [0.1, 0.15) is 31.2 Å². The summed E-state index contributed by atoms with van der Waals surface area (Å²) in [4.78, 5) is 28.8. The van der Waals surface area contributed by atoms with Crippen molar-refractivity contribution in [3.05, 3.63) is 23.8 Å². The van der Waals surface area contributed by atoms with Crippen LogP contribution in [0.2, 0.25) is 0 Å². The molecule has 2 aliphatic heterocycles. The van der Waals surface area contributed by atoms with Gasteiger partial charge in [0.2, 0.25) is 18.6 Å². The molecule has 4 rings (SSSR count). The predicted octanol–water partition coefficient (Wildman–Crippen LogP) is 1.82. The van der Waals surface area contributed by atoms with Crippen LogP contribution < -0.4 is 9.47 Å². The number of carbonyl (C=O) groups excluding carboxylic acids is 2. The molecule has 3 aliphatic rings. The molecule has 2 fully saturated rings. The highest BCUT2D eigenvalue weighted by Crippen LogP contribution is 2.32. The Kier molecular flexibility index (Phi) is 4.51. The molecule has 0 N–H and O–H groups in total. The van der Waals surface area contributed by atoms with Crippen LogP contribution in [-0.4, -0.2) is 54.6 Å². The first kappa shape index (κ1) is 16.2. The molecule has 0 bridgehead atoms. The van der Waals surface area contributed by atoms with Gasteiger partial charge in [0.05, 0.1) is 6.42 Å². The molecule has 134 valence electrons. The van der Waals surface area contributed by atoms with Crippen LogP contribution in [0.15, 0.2) is 18.2 Å². The maximum absolute atomic E-state index is 12.6. The number of piperazine rings is 1. The van der Waals surface area contributed by atoms with Crippen molar-refractivity contribution in [1.29, 1.82) is 0 Å². The first-order valence-electron chi connectivity index (χ1n) is 9.16. The van der Waals surface area contributed by atoms with E-state index in [1.165, 1.54) is 12.8 Å². The molecule has 0 spiro atoms. The van der Waals surface area contributed by atoms with E-state index in [0.717, 1.165) is 24.2 Å². The maximum atomic E-state index is 12.6. The minimum atomic E-state index is 0.104. The Hall–Kier alpha value is -2.24. The van der Waals surface area contributed by atoms with Gasteiger partial charge in [-0.1, -0.05) is 18.9 Å². The van der Waals surface area contributed by atoms with E-state index < -0.39 is 0 Å². The van der Waals surface area contributed by atoms with E-state index in [0.29, 0.717) is 44.3 Å². The van der Waals surface area contributed by atoms with Gasteiger partial charge in [-0.3, -0.25) is 9.59 Å². The first-order chi connectivity index (χ1) is 12.2. The molecule has 2 amide bonds. The van der Waals surface area contributed by atoms with Crippen molar-refractivity contribution in [2.75, 3.05) is 33.0 Å². The highest BCUT2D eigenvalue weighted by molar-refractivity contribution is 5.81. The van der Waals surface area contributed by atoms with Crippen molar-refractivity contribution < 1.29 is 19.1 Å². The van der Waals surface area contributed by atoms with Gasteiger partial charge in [-0.2, -0.15) is 0 Å². The largest absolute Gasteiger partial charge is 0.454 e. The fourth-order valence-electron chi connectivity index (χ4n) is 3.94. The van der Waals surface area contributed by atoms with Crippen LogP contribution in [0.5, 0.6) is 11.5 Å². The number of fused-ring (bicyclic) bond motifs is 1. The van der Waals surface area contributed by atoms with E-state index in [1.807, 2.05) is 28.0 Å². The summed E-state index contributed by atoms with van der Waals surface area (Å²) in [6.07, 6.45) is 4.76. The maximum Gasteiger partial charge on any atom is 0.231 e. The van der Waals surface area contributed by atoms with Gasteiger partial charge in [0.25, 0.3) is 0 Å². The molecule has 2 heterocycles. The van der Waals surface area contributed by atoms with E-state index in [9.17, 15) is 9.59 Å². The third kappa shape index (κ3) is 3.43. The molecule has 0 atom stereocenters. The van der Waals surface area contributed by atoms with Crippen molar-refractivity contribution in [2.45, 2.75) is 32.1 Å². The molecule has 0 aromatic heterocycles. The highest BCUT2D eigenvalue weighted by atomic mass is 16.7. The summed E-state index contributed by atoms with van der Waals surface area (Å²) in [6, 6.07) is 5.63. The Morgan fingerprint density at radius 3 is 2.40 bits per heavy atom. The molecule has 1 aromatic carbocycles. The Balaban J connectivity index is 1.30. The SMILES string of the molecule is O=C(Cc1ccc2c(c1)OCO2)N1CCN(C(=O)C2CCCC2)CC1. The predicted molar refractivity (Wildman–Crippen MR) is 91.4 cm³/mol. The molecule has 1 saturated carbocycles. The lowest BCUT2D eigenvalue weighted by Gasteiger charge is -2.36. The fraction of sp³-hybridized carbons (Fsp3) is 0.579. The monoisotopic (exact) mass is 344 g/mol. The second-order valence-electron chi connectivity index (χ2n) is 7.05. The average Bonchev–Trinajstić information content (AvgIpc) is 3.32. The zero-order valence-corrected chi connectivity index (χ0v) is 14.4. The summed E-state index contributed by atoms with van der Waals surface area (Å²) in [6.45, 7) is 2.80. The van der Waals surface area contributed by atoms with Gasteiger partial charge in [-0.15, -0.1) is 0 Å². The van der Waals surface area contributed by atoms with Crippen LogP contribution in [-0.2, 0) is 16.0 Å². The Bertz CT molecular complexity index is 661. The number of rotatable bonds is 3. The number of hydrogen-bond acceptors (Lipinski definition) is 4. The second-order valence-corrected chi connectivity index (χ2v) is 7.05. The summed E-state index contributed by atoms with van der Waals surface area (Å²) in [5, 5.41) is 0. The van der Waals surface area contributed by atoms with Gasteiger partial charge in [0.1, 0.15) is 0 Å². The summed E-state index contributed by atoms with van der Waals surface area (Å²) in [5.74, 6) is 2.05. The van der Waals surface area contributed by atoms with Gasteiger partial charge < -0.3 is 19.3 Å². The van der Waals surface area contributed by atoms with Crippen molar-refractivity contribution in [3.8, 4) is 11.5 Å². The van der Waals surface area contributed by atoms with Crippen LogP contribution in [0, 0.1) is 5.92 Å². The summed E-state index contributed by atoms with van der Waals surface area (Å²) < 4.78 is 10.7. The minimum Gasteiger partial charge on any atom is -0.454 e. The molecule has 6 nitrogen and oxygen atoms in total. The zero-order chi connectivity index (χ0) is 17.2. The molecule has 6 heteroatoms. The van der Waals surface area contributed by atoms with E-state index in [4.69, 9.17) is 9.47 Å². The molecule has 0 unspecified atom stereocenters. The zero-order valence-electron chi connectivity index (χ0n) is 14.4. The highest BCUT2D eigenvalue weighted by Gasteiger charge is 2.30. The topological polar surface area (TPSA) is 59.1 Å². The van der Waals surface area contributed by atoms with Crippen molar-refractivity contribution in [2.24, 2.45) is 5.92 Å². The van der Waals surface area contributed by atoms with Crippen LogP contribution >= 0.6 is 0 Å². The molecular weight excluding hydrogens is 320 g/mol. The molecule has 25 heavy (non-hydrogen) atoms. The summed E-state index contributed by atoms with van der Waals surface area (Å²) >= 11 is 0. The van der Waals surface area contributed by atoms with E-state index >= 15 is 0 Å². The number of carbonyl (C=O) groups is 2. The Morgan fingerprint density at radius 2 is 1.64 bits per heavy atom. The first-order valence-corrected chi connectivity index (χ1v) is 9.16. The summed E-state index contributed by atoms with van der Waals surface area (Å²) in [5.41, 5.74) is 0.929. The van der Waals surface area contributed by atoms with Gasteiger partial charge in [0, 0.05) is 32.1 Å². The molecule has 0 radical (unpaired) electrons. The number of amides is 2. The molecule has 1 aromatic rings. The number of ether oxygens (including phenoxy) is 2. The van der Waals surface area contributed by atoms with Crippen molar-refractivity contribution in [1.82, 2.24) is 9.80 Å². The van der Waals surface area contributed by atoms with Gasteiger partial charge in [0.15, 0.2) is 11.5 Å². The van der Waals surface area contributed by atoms with Crippen LogP contribution in [0.25, 0.3) is 0 Å². The van der Waals surface area contributed by atoms with Crippen molar-refractivity contribution >= 4 is 11.8 Å². The van der Waals surface area contributed by atoms with E-state index in [1.54, 1.807) is 0 Å². The van der Waals surface area contributed by atoms with Gasteiger partial charge in [-0.25, -0.2) is 0 Å². The lowest BCUT2D eigenvalue weighted by molar-refractivity contribution is -0.141. The third-order valence-corrected chi connectivity index (χ3v) is 5.44. The molecule has 1 saturated heterocycles. The van der Waals surface area contributed by atoms with Crippen molar-refractivity contribution in [3.63, 3.8) is 0 Å². The molecular formula is C19H24N2O4. The number of hydrogen-bond donors (Lipinski definition) is 0. The Morgan fingerprint density at radius 1 is 0.960 bits per heavy atom. The van der Waals surface area contributed by atoms with Gasteiger partial charge >= 0.3 is 0 Å². The summed E-state index contributed by atoms with van der Waals surface area (Å²) in [7, 11) is 0. The second kappa shape index (κ2) is 6.94. The number of nitrogens with zero attached hydrogens (tertiary/aromatic N) is 2. The lowest BCUT2D eigenvalue weighted by Crippen LogP contribution is -2.52. The average molecular weight is 344 g/mol. The Labute approximate surface area is 147 Å². The van der Waals surface area contributed by atoms with E-state index in [2.05, 4.69) is 0 Å². The minimum absolute atomic E-state index is 0.104. The smallest absolute Gasteiger partial charge is 0.231 e. The standard InChI is InChI=1S/C19H24N2O4/c22-18(12-14-5-6-16-17(11-14)25-13-24-16)20-7-9-21(10-8-20)19(23)15-3-1-2-4-15/h5-6,11,15H,1-4,7-10,12-13H2. The lowest BCUT2D eigenvalue weighted by atomic mass is 10.1. The number of benzene rings is 1. The van der Waals surface area contributed by atoms with Crippen LogP contribution in [0.4, 0.5) is 0 Å².